The van der Waals surface area contributed by atoms with Crippen LogP contribution in [0.2, 0.25) is 5.02 Å². The van der Waals surface area contributed by atoms with Gasteiger partial charge in [0.2, 0.25) is 0 Å². The van der Waals surface area contributed by atoms with Crippen LogP contribution in [0, 0.1) is 5.92 Å². The lowest BCUT2D eigenvalue weighted by Gasteiger charge is -2.08. The molecule has 0 aromatic heterocycles. The number of hydrogen-bond donors (Lipinski definition) is 2. The molecule has 1 atom stereocenters. The fraction of sp³-hybridized carbons (Fsp3) is 0.400. The molecule has 1 aromatic carbocycles. The smallest absolute Gasteiger partial charge is 0.259 e. The van der Waals surface area contributed by atoms with Crippen LogP contribution >= 0.6 is 11.6 Å². The summed E-state index contributed by atoms with van der Waals surface area (Å²) in [6, 6.07) is 6.44. The number of nitrogens with one attached hydrogen (secondary N) is 2. The van der Waals surface area contributed by atoms with Gasteiger partial charge in [-0.1, -0.05) is 25.4 Å². The molecule has 1 aromatic rings. The molecule has 114 valence electrons. The molecule has 21 heavy (non-hydrogen) atoms. The molecule has 0 saturated carbocycles. The highest BCUT2D eigenvalue weighted by molar-refractivity contribution is 6.30. The molecule has 0 bridgehead atoms. The van der Waals surface area contributed by atoms with Crippen LogP contribution in [0.25, 0.3) is 0 Å². The summed E-state index contributed by atoms with van der Waals surface area (Å²) in [5, 5.41) is 7.08. The first kappa shape index (κ1) is 17.2. The van der Waals surface area contributed by atoms with E-state index in [1.54, 1.807) is 24.3 Å². The second-order valence-corrected chi connectivity index (χ2v) is 5.22. The topological polar surface area (TPSA) is 70.6 Å². The number of nitrogens with zero attached hydrogens (tertiary/aromatic N) is 1. The molecule has 0 aliphatic heterocycles. The fourth-order valence-corrected chi connectivity index (χ4v) is 1.59. The maximum atomic E-state index is 11.8. The van der Waals surface area contributed by atoms with Crippen LogP contribution in [0.1, 0.15) is 37.6 Å². The quantitative estimate of drug-likeness (QED) is 0.626. The van der Waals surface area contributed by atoms with Gasteiger partial charge in [0.1, 0.15) is 0 Å². The Bertz CT molecular complexity index is 526. The predicted molar refractivity (Wildman–Crippen MR) is 84.5 cm³/mol. The largest absolute Gasteiger partial charge is 0.343 e. The van der Waals surface area contributed by atoms with E-state index in [-0.39, 0.29) is 18.4 Å². The Morgan fingerprint density at radius 3 is 2.48 bits per heavy atom. The molecule has 0 unspecified atom stereocenters. The standard InChI is InChI=1S/C15H20ClN3O2/c1-4-10(2)11(3)18-19-14(20)9-17-15(21)12-5-7-13(16)8-6-12/h5-8,10H,4,9H2,1-3H3,(H,17,21)(H,19,20)/t10-/m0/s1. The highest BCUT2D eigenvalue weighted by atomic mass is 35.5. The summed E-state index contributed by atoms with van der Waals surface area (Å²) in [6.45, 7) is 5.82. The molecule has 0 heterocycles. The summed E-state index contributed by atoms with van der Waals surface area (Å²) in [7, 11) is 0. The van der Waals surface area contributed by atoms with E-state index in [9.17, 15) is 9.59 Å². The van der Waals surface area contributed by atoms with E-state index >= 15 is 0 Å². The zero-order valence-corrected chi connectivity index (χ0v) is 13.2. The van der Waals surface area contributed by atoms with E-state index in [1.165, 1.54) is 0 Å². The van der Waals surface area contributed by atoms with Crippen LogP contribution in [0.15, 0.2) is 29.4 Å². The summed E-state index contributed by atoms with van der Waals surface area (Å²) in [4.78, 5) is 23.4. The van der Waals surface area contributed by atoms with E-state index in [4.69, 9.17) is 11.6 Å². The number of halogens is 1. The summed E-state index contributed by atoms with van der Waals surface area (Å²) in [5.41, 5.74) is 3.73. The second kappa shape index (κ2) is 8.42. The first-order valence-corrected chi connectivity index (χ1v) is 7.18. The Morgan fingerprint density at radius 1 is 1.29 bits per heavy atom. The molecular weight excluding hydrogens is 290 g/mol. The molecule has 0 aliphatic carbocycles. The van der Waals surface area contributed by atoms with Crippen molar-refractivity contribution in [3.63, 3.8) is 0 Å². The molecule has 0 saturated heterocycles. The van der Waals surface area contributed by atoms with Gasteiger partial charge in [-0.3, -0.25) is 9.59 Å². The van der Waals surface area contributed by atoms with Crippen molar-refractivity contribution in [1.29, 1.82) is 0 Å². The van der Waals surface area contributed by atoms with Gasteiger partial charge in [-0.25, -0.2) is 5.43 Å². The maximum absolute atomic E-state index is 11.8. The van der Waals surface area contributed by atoms with Crippen LogP contribution in [-0.2, 0) is 4.79 Å². The van der Waals surface area contributed by atoms with Gasteiger partial charge >= 0.3 is 0 Å². The lowest BCUT2D eigenvalue weighted by atomic mass is 10.1. The fourth-order valence-electron chi connectivity index (χ4n) is 1.46. The van der Waals surface area contributed by atoms with Crippen molar-refractivity contribution in [2.24, 2.45) is 11.0 Å². The van der Waals surface area contributed by atoms with Gasteiger partial charge in [0.05, 0.1) is 6.54 Å². The third kappa shape index (κ3) is 5.95. The SMILES string of the molecule is CC[C@H](C)C(C)=NNC(=O)CNC(=O)c1ccc(Cl)cc1. The Morgan fingerprint density at radius 2 is 1.90 bits per heavy atom. The normalized spacial score (nSPS) is 12.7. The number of benzene rings is 1. The summed E-state index contributed by atoms with van der Waals surface area (Å²) in [5.74, 6) is -0.377. The maximum Gasteiger partial charge on any atom is 0.259 e. The Hall–Kier alpha value is -1.88. The molecule has 6 heteroatoms. The third-order valence-electron chi connectivity index (χ3n) is 3.20. The van der Waals surface area contributed by atoms with Crippen LogP contribution in [-0.4, -0.2) is 24.1 Å². The van der Waals surface area contributed by atoms with Crippen molar-refractivity contribution in [2.75, 3.05) is 6.54 Å². The monoisotopic (exact) mass is 309 g/mol. The van der Waals surface area contributed by atoms with Gasteiger partial charge in [0.15, 0.2) is 0 Å². The summed E-state index contributed by atoms with van der Waals surface area (Å²) >= 11 is 5.74. The molecule has 0 spiro atoms. The van der Waals surface area contributed by atoms with Gasteiger partial charge in [-0.15, -0.1) is 0 Å². The first-order chi connectivity index (χ1) is 9.93. The predicted octanol–water partition coefficient (Wildman–Crippen LogP) is 2.61. The highest BCUT2D eigenvalue weighted by Crippen LogP contribution is 2.09. The first-order valence-electron chi connectivity index (χ1n) is 6.80. The van der Waals surface area contributed by atoms with Crippen LogP contribution in [0.5, 0.6) is 0 Å². The summed E-state index contributed by atoms with van der Waals surface area (Å²) in [6.07, 6.45) is 0.957. The van der Waals surface area contributed by atoms with Gasteiger partial charge in [-0.2, -0.15) is 5.10 Å². The van der Waals surface area contributed by atoms with Gasteiger partial charge in [-0.05, 0) is 43.5 Å². The molecule has 0 fully saturated rings. The minimum absolute atomic E-state index is 0.126. The molecular formula is C15H20ClN3O2. The minimum atomic E-state index is -0.361. The van der Waals surface area contributed by atoms with Crippen LogP contribution < -0.4 is 10.7 Å². The number of amides is 2. The van der Waals surface area contributed by atoms with E-state index in [0.717, 1.165) is 12.1 Å². The molecule has 0 radical (unpaired) electrons. The van der Waals surface area contributed by atoms with E-state index in [2.05, 4.69) is 22.8 Å². The third-order valence-corrected chi connectivity index (χ3v) is 3.45. The minimum Gasteiger partial charge on any atom is -0.343 e. The lowest BCUT2D eigenvalue weighted by molar-refractivity contribution is -0.120. The number of hydrogen-bond acceptors (Lipinski definition) is 3. The van der Waals surface area contributed by atoms with Crippen molar-refractivity contribution in [3.05, 3.63) is 34.9 Å². The van der Waals surface area contributed by atoms with Gasteiger partial charge < -0.3 is 5.32 Å². The zero-order chi connectivity index (χ0) is 15.8. The van der Waals surface area contributed by atoms with E-state index in [1.807, 2.05) is 13.8 Å². The van der Waals surface area contributed by atoms with Crippen molar-refractivity contribution in [2.45, 2.75) is 27.2 Å². The van der Waals surface area contributed by atoms with Crippen molar-refractivity contribution in [1.82, 2.24) is 10.7 Å². The lowest BCUT2D eigenvalue weighted by Crippen LogP contribution is -2.35. The Labute approximate surface area is 129 Å². The summed E-state index contributed by atoms with van der Waals surface area (Å²) < 4.78 is 0. The Balaban J connectivity index is 2.43. The van der Waals surface area contributed by atoms with Crippen molar-refractivity contribution >= 4 is 29.1 Å². The molecule has 1 rings (SSSR count). The molecule has 2 amide bonds. The number of rotatable bonds is 6. The second-order valence-electron chi connectivity index (χ2n) is 4.79. The van der Waals surface area contributed by atoms with Crippen molar-refractivity contribution in [3.8, 4) is 0 Å². The number of hydrazone groups is 1. The average molecular weight is 310 g/mol. The molecule has 0 aliphatic rings. The Kier molecular flexibility index (Phi) is 6.88. The van der Waals surface area contributed by atoms with Crippen LogP contribution in [0.4, 0.5) is 0 Å². The number of carbonyl (C=O) groups is 2. The van der Waals surface area contributed by atoms with Crippen molar-refractivity contribution < 1.29 is 9.59 Å². The van der Waals surface area contributed by atoms with Gasteiger partial charge in [0, 0.05) is 16.3 Å². The molecule has 2 N–H and O–H groups in total. The van der Waals surface area contributed by atoms with Crippen LogP contribution in [0.3, 0.4) is 0 Å². The van der Waals surface area contributed by atoms with E-state index < -0.39 is 0 Å². The average Bonchev–Trinajstić information content (AvgIpc) is 2.49. The zero-order valence-electron chi connectivity index (χ0n) is 12.4. The molecule has 5 nitrogen and oxygen atoms in total. The number of carbonyl (C=O) groups excluding carboxylic acids is 2. The van der Waals surface area contributed by atoms with Gasteiger partial charge in [0.25, 0.3) is 11.8 Å². The highest BCUT2D eigenvalue weighted by Gasteiger charge is 2.08. The van der Waals surface area contributed by atoms with E-state index in [0.29, 0.717) is 16.5 Å².